The molecule has 1 aliphatic rings. The number of anilines is 1. The molecule has 2 aromatic carbocycles. The molecule has 182 valence electrons. The number of nitrogens with zero attached hydrogens (tertiary/aromatic N) is 3. The molecule has 0 bridgehead atoms. The molecule has 0 unspecified atom stereocenters. The fourth-order valence-corrected chi connectivity index (χ4v) is 4.18. The largest absolute Gasteiger partial charge is 0.461 e. The van der Waals surface area contributed by atoms with Gasteiger partial charge < -0.3 is 10.1 Å². The smallest absolute Gasteiger partial charge is 0.358 e. The van der Waals surface area contributed by atoms with E-state index in [4.69, 9.17) is 4.74 Å². The number of carbonyl (C=O) groups is 3. The Kier molecular flexibility index (Phi) is 6.68. The van der Waals surface area contributed by atoms with Crippen LogP contribution >= 0.6 is 0 Å². The molecule has 2 amide bonds. The minimum absolute atomic E-state index is 0.00780. The van der Waals surface area contributed by atoms with Crippen LogP contribution in [0.25, 0.3) is 0 Å². The predicted molar refractivity (Wildman–Crippen MR) is 127 cm³/mol. The molecule has 0 saturated carbocycles. The van der Waals surface area contributed by atoms with Crippen molar-refractivity contribution in [3.63, 3.8) is 0 Å². The molecule has 35 heavy (non-hydrogen) atoms. The standard InChI is InChI=1S/C26H27FN4O4/c1-4-17-7-6-8-20(13-17)31-23(32)22-14-21(24(33)35-5-2)29-30(22)16-26(31,3)25(34)28-15-18-9-11-19(27)12-10-18/h6-14H,4-5,15-16H2,1-3H3,(H,28,34)/t26-/m1/s1. The molecule has 9 heteroatoms. The van der Waals surface area contributed by atoms with E-state index in [2.05, 4.69) is 10.4 Å². The van der Waals surface area contributed by atoms with Gasteiger partial charge in [-0.15, -0.1) is 0 Å². The first kappa shape index (κ1) is 24.1. The summed E-state index contributed by atoms with van der Waals surface area (Å²) < 4.78 is 19.7. The van der Waals surface area contributed by atoms with Crippen LogP contribution in [0.15, 0.2) is 54.6 Å². The summed E-state index contributed by atoms with van der Waals surface area (Å²) in [5, 5.41) is 7.13. The number of benzene rings is 2. The van der Waals surface area contributed by atoms with E-state index in [9.17, 15) is 18.8 Å². The molecule has 1 aliphatic heterocycles. The zero-order chi connectivity index (χ0) is 25.2. The molecule has 0 radical (unpaired) electrons. The Hall–Kier alpha value is -4.01. The van der Waals surface area contributed by atoms with Crippen molar-refractivity contribution in [1.29, 1.82) is 0 Å². The number of carbonyl (C=O) groups excluding carboxylic acids is 3. The summed E-state index contributed by atoms with van der Waals surface area (Å²) in [7, 11) is 0. The third-order valence-corrected chi connectivity index (χ3v) is 6.07. The molecule has 1 N–H and O–H groups in total. The Morgan fingerprint density at radius 3 is 2.54 bits per heavy atom. The van der Waals surface area contributed by atoms with Crippen LogP contribution in [0, 0.1) is 5.82 Å². The second kappa shape index (κ2) is 9.69. The third kappa shape index (κ3) is 4.66. The summed E-state index contributed by atoms with van der Waals surface area (Å²) in [6.45, 7) is 5.72. The number of aromatic nitrogens is 2. The molecule has 0 aliphatic carbocycles. The quantitative estimate of drug-likeness (QED) is 0.525. The number of aryl methyl sites for hydroxylation is 1. The molecule has 0 fully saturated rings. The van der Waals surface area contributed by atoms with Crippen molar-refractivity contribution >= 4 is 23.5 Å². The fraction of sp³-hybridized carbons (Fsp3) is 0.308. The zero-order valence-electron chi connectivity index (χ0n) is 19.9. The van der Waals surface area contributed by atoms with Gasteiger partial charge in [-0.05, 0) is 55.7 Å². The van der Waals surface area contributed by atoms with Crippen LogP contribution in [0.1, 0.15) is 52.9 Å². The molecule has 4 rings (SSSR count). The lowest BCUT2D eigenvalue weighted by molar-refractivity contribution is -0.126. The van der Waals surface area contributed by atoms with Crippen LogP contribution in [0.2, 0.25) is 0 Å². The van der Waals surface area contributed by atoms with Crippen molar-refractivity contribution in [3.8, 4) is 0 Å². The van der Waals surface area contributed by atoms with E-state index in [0.29, 0.717) is 5.69 Å². The monoisotopic (exact) mass is 478 g/mol. The average Bonchev–Trinajstić information content (AvgIpc) is 3.28. The number of hydrogen-bond acceptors (Lipinski definition) is 5. The van der Waals surface area contributed by atoms with Crippen molar-refractivity contribution in [2.45, 2.75) is 45.8 Å². The molecular weight excluding hydrogens is 451 g/mol. The van der Waals surface area contributed by atoms with Gasteiger partial charge in [0.2, 0.25) is 5.91 Å². The van der Waals surface area contributed by atoms with Gasteiger partial charge >= 0.3 is 5.97 Å². The van der Waals surface area contributed by atoms with Crippen LogP contribution in [0.4, 0.5) is 10.1 Å². The van der Waals surface area contributed by atoms with Crippen LogP contribution in [0.5, 0.6) is 0 Å². The van der Waals surface area contributed by atoms with E-state index in [1.54, 1.807) is 32.0 Å². The second-order valence-electron chi connectivity index (χ2n) is 8.54. The SMILES string of the molecule is CCOC(=O)c1cc2n(n1)C[C@](C)(C(=O)NCc1ccc(F)cc1)N(c1cccc(CC)c1)C2=O. The molecule has 0 saturated heterocycles. The van der Waals surface area contributed by atoms with Crippen molar-refractivity contribution in [2.24, 2.45) is 0 Å². The highest BCUT2D eigenvalue weighted by molar-refractivity contribution is 6.12. The van der Waals surface area contributed by atoms with Crippen molar-refractivity contribution in [3.05, 3.63) is 82.9 Å². The predicted octanol–water partition coefficient (Wildman–Crippen LogP) is 3.50. The van der Waals surface area contributed by atoms with Crippen LogP contribution in [-0.2, 0) is 29.0 Å². The van der Waals surface area contributed by atoms with E-state index in [-0.39, 0.29) is 36.9 Å². The molecule has 0 spiro atoms. The summed E-state index contributed by atoms with van der Waals surface area (Å²) in [6.07, 6.45) is 0.758. The maximum Gasteiger partial charge on any atom is 0.358 e. The number of amides is 2. The Morgan fingerprint density at radius 2 is 1.86 bits per heavy atom. The number of esters is 1. The lowest BCUT2D eigenvalue weighted by Crippen LogP contribution is -2.64. The Bertz CT molecular complexity index is 1270. The van der Waals surface area contributed by atoms with Gasteiger partial charge in [-0.3, -0.25) is 19.2 Å². The molecule has 3 aromatic rings. The lowest BCUT2D eigenvalue weighted by atomic mass is 9.93. The maximum atomic E-state index is 13.7. The molecular formula is C26H27FN4O4. The Balaban J connectivity index is 1.72. The van der Waals surface area contributed by atoms with Crippen LogP contribution in [0.3, 0.4) is 0 Å². The van der Waals surface area contributed by atoms with E-state index in [0.717, 1.165) is 17.5 Å². The minimum Gasteiger partial charge on any atom is -0.461 e. The second-order valence-corrected chi connectivity index (χ2v) is 8.54. The van der Waals surface area contributed by atoms with Gasteiger partial charge in [0.1, 0.15) is 17.1 Å². The first-order valence-electron chi connectivity index (χ1n) is 11.5. The summed E-state index contributed by atoms with van der Waals surface area (Å²) in [5.74, 6) is -1.86. The number of nitrogens with one attached hydrogen (secondary N) is 1. The summed E-state index contributed by atoms with van der Waals surface area (Å²) in [4.78, 5) is 41.0. The minimum atomic E-state index is -1.35. The van der Waals surface area contributed by atoms with Gasteiger partial charge in [0.05, 0.1) is 13.2 Å². The average molecular weight is 479 g/mol. The first-order chi connectivity index (χ1) is 16.8. The number of fused-ring (bicyclic) bond motifs is 1. The molecule has 2 heterocycles. The van der Waals surface area contributed by atoms with Gasteiger partial charge in [0, 0.05) is 18.3 Å². The van der Waals surface area contributed by atoms with Crippen LogP contribution < -0.4 is 10.2 Å². The van der Waals surface area contributed by atoms with E-state index in [1.807, 2.05) is 25.1 Å². The number of halogens is 1. The van der Waals surface area contributed by atoms with Crippen LogP contribution in [-0.4, -0.2) is 39.7 Å². The van der Waals surface area contributed by atoms with Crippen molar-refractivity contribution in [2.75, 3.05) is 11.5 Å². The molecule has 1 atom stereocenters. The first-order valence-corrected chi connectivity index (χ1v) is 11.5. The third-order valence-electron chi connectivity index (χ3n) is 6.07. The number of rotatable bonds is 7. The van der Waals surface area contributed by atoms with E-state index < -0.39 is 23.3 Å². The molecule has 8 nitrogen and oxygen atoms in total. The van der Waals surface area contributed by atoms with Crippen molar-refractivity contribution < 1.29 is 23.5 Å². The Labute approximate surface area is 202 Å². The summed E-state index contributed by atoms with van der Waals surface area (Å²) >= 11 is 0. The summed E-state index contributed by atoms with van der Waals surface area (Å²) in [5.41, 5.74) is 1.14. The molecule has 1 aromatic heterocycles. The van der Waals surface area contributed by atoms with E-state index in [1.165, 1.54) is 27.8 Å². The van der Waals surface area contributed by atoms with Gasteiger partial charge in [0.25, 0.3) is 5.91 Å². The fourth-order valence-electron chi connectivity index (χ4n) is 4.18. The maximum absolute atomic E-state index is 13.7. The number of hydrogen-bond donors (Lipinski definition) is 1. The van der Waals surface area contributed by atoms with Gasteiger partial charge in [0.15, 0.2) is 5.69 Å². The van der Waals surface area contributed by atoms with Gasteiger partial charge in [-0.2, -0.15) is 5.10 Å². The van der Waals surface area contributed by atoms with Crippen molar-refractivity contribution in [1.82, 2.24) is 15.1 Å². The van der Waals surface area contributed by atoms with Gasteiger partial charge in [-0.25, -0.2) is 9.18 Å². The Morgan fingerprint density at radius 1 is 1.11 bits per heavy atom. The van der Waals surface area contributed by atoms with E-state index >= 15 is 0 Å². The lowest BCUT2D eigenvalue weighted by Gasteiger charge is -2.43. The topological polar surface area (TPSA) is 93.5 Å². The highest BCUT2D eigenvalue weighted by Crippen LogP contribution is 2.33. The summed E-state index contributed by atoms with van der Waals surface area (Å²) in [6, 6.07) is 14.7. The highest BCUT2D eigenvalue weighted by atomic mass is 19.1. The highest BCUT2D eigenvalue weighted by Gasteiger charge is 2.49. The zero-order valence-corrected chi connectivity index (χ0v) is 19.9. The van der Waals surface area contributed by atoms with Gasteiger partial charge in [-0.1, -0.05) is 31.2 Å². The number of ether oxygens (including phenoxy) is 1. The normalized spacial score (nSPS) is 17.1.